The number of nitrogens with zero attached hydrogens (tertiary/aromatic N) is 1. The predicted octanol–water partition coefficient (Wildman–Crippen LogP) is 7.25. The third-order valence-electron chi connectivity index (χ3n) is 5.73. The number of thiophene rings is 1. The zero-order valence-electron chi connectivity index (χ0n) is 18.8. The molecule has 0 aliphatic heterocycles. The molecule has 5 aromatic rings. The molecule has 4 nitrogen and oxygen atoms in total. The molecule has 164 valence electrons. The largest absolute Gasteiger partial charge is 0.465 e. The zero-order valence-corrected chi connectivity index (χ0v) is 19.6. The Bertz CT molecular complexity index is 1440. The van der Waals surface area contributed by atoms with Gasteiger partial charge in [0.1, 0.15) is 16.4 Å². The van der Waals surface area contributed by atoms with Crippen LogP contribution in [-0.4, -0.2) is 10.9 Å². The second-order valence-corrected chi connectivity index (χ2v) is 9.24. The van der Waals surface area contributed by atoms with E-state index in [0.29, 0.717) is 5.56 Å². The number of aryl methyl sites for hydroxylation is 3. The number of carbonyl (C=O) groups is 1. The summed E-state index contributed by atoms with van der Waals surface area (Å²) in [4.78, 5) is 20.0. The van der Waals surface area contributed by atoms with Crippen LogP contribution in [-0.2, 0) is 0 Å². The molecule has 0 aliphatic rings. The number of fused-ring (bicyclic) bond motifs is 1. The Morgan fingerprint density at radius 2 is 1.64 bits per heavy atom. The quantitative estimate of drug-likeness (QED) is 0.306. The number of furan rings is 1. The van der Waals surface area contributed by atoms with E-state index in [1.165, 1.54) is 0 Å². The number of nitrogens with one attached hydrogen (secondary N) is 1. The summed E-state index contributed by atoms with van der Waals surface area (Å²) in [5, 5.41) is 4.21. The lowest BCUT2D eigenvalue weighted by Gasteiger charge is -2.17. The second-order valence-electron chi connectivity index (χ2n) is 8.21. The van der Waals surface area contributed by atoms with Crippen LogP contribution in [0.2, 0.25) is 0 Å². The summed E-state index contributed by atoms with van der Waals surface area (Å²) in [6, 6.07) is 25.6. The van der Waals surface area contributed by atoms with E-state index < -0.39 is 0 Å². The summed E-state index contributed by atoms with van der Waals surface area (Å²) in [6.45, 7) is 6.02. The van der Waals surface area contributed by atoms with Gasteiger partial charge in [0.15, 0.2) is 0 Å². The average Bonchev–Trinajstić information content (AvgIpc) is 3.39. The second kappa shape index (κ2) is 8.68. The molecule has 33 heavy (non-hydrogen) atoms. The molecule has 0 aliphatic carbocycles. The van der Waals surface area contributed by atoms with Crippen LogP contribution in [0.15, 0.2) is 83.3 Å². The summed E-state index contributed by atoms with van der Waals surface area (Å²) < 4.78 is 6.12. The van der Waals surface area contributed by atoms with Crippen LogP contribution < -0.4 is 5.32 Å². The molecule has 0 radical (unpaired) electrons. The standard InChI is InChI=1S/C28H24N2O2S/c1-17-16-18(2)29-28-23(17)25(30-27(31)21-12-8-5-9-13-21)26(33-28)24(20-10-6-4-7-11-20)22-15-14-19(3)32-22/h4-16,24H,1-3H3,(H,30,31). The first-order valence-electron chi connectivity index (χ1n) is 10.9. The van der Waals surface area contributed by atoms with Crippen molar-refractivity contribution in [1.82, 2.24) is 4.98 Å². The van der Waals surface area contributed by atoms with Gasteiger partial charge in [-0.1, -0.05) is 48.5 Å². The number of carbonyl (C=O) groups excluding carboxylic acids is 1. The molecule has 1 N–H and O–H groups in total. The van der Waals surface area contributed by atoms with Crippen LogP contribution in [0.5, 0.6) is 0 Å². The molecule has 0 fully saturated rings. The number of benzene rings is 2. The Morgan fingerprint density at radius 1 is 0.939 bits per heavy atom. The molecular weight excluding hydrogens is 428 g/mol. The summed E-state index contributed by atoms with van der Waals surface area (Å²) in [5.41, 5.74) is 4.56. The van der Waals surface area contributed by atoms with E-state index in [9.17, 15) is 4.79 Å². The van der Waals surface area contributed by atoms with Crippen molar-refractivity contribution in [2.75, 3.05) is 5.32 Å². The molecule has 0 saturated carbocycles. The Kier molecular flexibility index (Phi) is 5.56. The fourth-order valence-corrected chi connectivity index (χ4v) is 5.65. The maximum Gasteiger partial charge on any atom is 0.255 e. The van der Waals surface area contributed by atoms with Gasteiger partial charge in [0.25, 0.3) is 5.91 Å². The Hall–Kier alpha value is -3.70. The first-order chi connectivity index (χ1) is 16.0. The van der Waals surface area contributed by atoms with Crippen molar-refractivity contribution >= 4 is 33.1 Å². The third-order valence-corrected chi connectivity index (χ3v) is 6.88. The maximum atomic E-state index is 13.2. The smallest absolute Gasteiger partial charge is 0.255 e. The molecule has 0 bridgehead atoms. The maximum absolute atomic E-state index is 13.2. The average molecular weight is 453 g/mol. The molecule has 1 unspecified atom stereocenters. The van der Waals surface area contributed by atoms with Crippen molar-refractivity contribution in [3.05, 3.63) is 118 Å². The van der Waals surface area contributed by atoms with Crippen LogP contribution in [0.3, 0.4) is 0 Å². The van der Waals surface area contributed by atoms with Gasteiger partial charge in [-0.2, -0.15) is 0 Å². The Balaban J connectivity index is 1.74. The number of aromatic nitrogens is 1. The molecular formula is C28H24N2O2S. The van der Waals surface area contributed by atoms with E-state index in [2.05, 4.69) is 30.4 Å². The SMILES string of the molecule is Cc1cc(C)c2c(NC(=O)c3ccccc3)c(C(c3ccccc3)c3ccc(C)o3)sc2n1. The number of anilines is 1. The first-order valence-corrected chi connectivity index (χ1v) is 11.7. The van der Waals surface area contributed by atoms with Crippen LogP contribution in [0.4, 0.5) is 5.69 Å². The molecule has 3 heterocycles. The van der Waals surface area contributed by atoms with Crippen LogP contribution in [0.25, 0.3) is 10.2 Å². The first kappa shape index (κ1) is 21.2. The molecule has 3 aromatic heterocycles. The molecule has 1 atom stereocenters. The van der Waals surface area contributed by atoms with Crippen LogP contribution >= 0.6 is 11.3 Å². The van der Waals surface area contributed by atoms with Crippen molar-refractivity contribution in [3.8, 4) is 0 Å². The van der Waals surface area contributed by atoms with Crippen molar-refractivity contribution in [2.45, 2.75) is 26.7 Å². The van der Waals surface area contributed by atoms with E-state index in [0.717, 1.165) is 49.1 Å². The highest BCUT2D eigenvalue weighted by molar-refractivity contribution is 7.19. The molecule has 0 saturated heterocycles. The normalized spacial score (nSPS) is 12.1. The predicted molar refractivity (Wildman–Crippen MR) is 134 cm³/mol. The van der Waals surface area contributed by atoms with Crippen molar-refractivity contribution in [3.63, 3.8) is 0 Å². The van der Waals surface area contributed by atoms with E-state index in [-0.39, 0.29) is 11.8 Å². The molecule has 1 amide bonds. The van der Waals surface area contributed by atoms with Gasteiger partial charge in [-0.05, 0) is 62.2 Å². The van der Waals surface area contributed by atoms with Gasteiger partial charge in [0.2, 0.25) is 0 Å². The highest BCUT2D eigenvalue weighted by Gasteiger charge is 2.28. The van der Waals surface area contributed by atoms with Crippen LogP contribution in [0, 0.1) is 20.8 Å². The van der Waals surface area contributed by atoms with Gasteiger partial charge in [0.05, 0.1) is 11.6 Å². The van der Waals surface area contributed by atoms with E-state index in [1.807, 2.05) is 74.5 Å². The van der Waals surface area contributed by atoms with Crippen molar-refractivity contribution < 1.29 is 9.21 Å². The fourth-order valence-electron chi connectivity index (χ4n) is 4.26. The minimum absolute atomic E-state index is 0.140. The Morgan fingerprint density at radius 3 is 2.30 bits per heavy atom. The summed E-state index contributed by atoms with van der Waals surface area (Å²) >= 11 is 1.61. The molecule has 0 spiro atoms. The number of rotatable bonds is 5. The van der Waals surface area contributed by atoms with Gasteiger partial charge in [-0.25, -0.2) is 4.98 Å². The van der Waals surface area contributed by atoms with Crippen LogP contribution in [0.1, 0.15) is 49.5 Å². The minimum atomic E-state index is -0.162. The summed E-state index contributed by atoms with van der Waals surface area (Å²) in [7, 11) is 0. The van der Waals surface area contributed by atoms with Crippen molar-refractivity contribution in [1.29, 1.82) is 0 Å². The lowest BCUT2D eigenvalue weighted by atomic mass is 9.93. The number of hydrogen-bond donors (Lipinski definition) is 1. The summed E-state index contributed by atoms with van der Waals surface area (Å²) in [5.74, 6) is 1.39. The van der Waals surface area contributed by atoms with Gasteiger partial charge in [-0.3, -0.25) is 4.79 Å². The van der Waals surface area contributed by atoms with E-state index in [1.54, 1.807) is 11.3 Å². The fraction of sp³-hybridized carbons (Fsp3) is 0.143. The van der Waals surface area contributed by atoms with Gasteiger partial charge >= 0.3 is 0 Å². The number of pyridine rings is 1. The Labute approximate surface area is 196 Å². The monoisotopic (exact) mass is 452 g/mol. The van der Waals surface area contributed by atoms with E-state index >= 15 is 0 Å². The van der Waals surface area contributed by atoms with Gasteiger partial charge in [-0.15, -0.1) is 11.3 Å². The highest BCUT2D eigenvalue weighted by atomic mass is 32.1. The minimum Gasteiger partial charge on any atom is -0.465 e. The lowest BCUT2D eigenvalue weighted by Crippen LogP contribution is -2.14. The lowest BCUT2D eigenvalue weighted by molar-refractivity contribution is 0.102. The topological polar surface area (TPSA) is 55.1 Å². The molecule has 5 heteroatoms. The number of amides is 1. The van der Waals surface area contributed by atoms with Gasteiger partial charge < -0.3 is 9.73 Å². The number of hydrogen-bond acceptors (Lipinski definition) is 4. The van der Waals surface area contributed by atoms with Crippen molar-refractivity contribution in [2.24, 2.45) is 0 Å². The van der Waals surface area contributed by atoms with Gasteiger partial charge in [0, 0.05) is 21.5 Å². The third kappa shape index (κ3) is 4.08. The molecule has 2 aromatic carbocycles. The summed E-state index contributed by atoms with van der Waals surface area (Å²) in [6.07, 6.45) is 0. The van der Waals surface area contributed by atoms with E-state index in [4.69, 9.17) is 9.40 Å². The zero-order chi connectivity index (χ0) is 22.9. The highest BCUT2D eigenvalue weighted by Crippen LogP contribution is 2.46. The molecule has 5 rings (SSSR count).